The van der Waals surface area contributed by atoms with Crippen molar-refractivity contribution in [1.82, 2.24) is 14.9 Å². The van der Waals surface area contributed by atoms with Crippen LogP contribution in [0.15, 0.2) is 11.5 Å². The summed E-state index contributed by atoms with van der Waals surface area (Å²) >= 11 is 0. The van der Waals surface area contributed by atoms with Crippen LogP contribution in [0.25, 0.3) is 0 Å². The lowest BCUT2D eigenvalue weighted by Gasteiger charge is -2.35. The molecule has 0 bridgehead atoms. The third kappa shape index (κ3) is 6.15. The summed E-state index contributed by atoms with van der Waals surface area (Å²) in [7, 11) is -3.13. The quantitative estimate of drug-likeness (QED) is 0.375. The molecule has 10 heteroatoms. The minimum atomic E-state index is -1.64. The lowest BCUT2D eigenvalue weighted by Crippen LogP contribution is -2.58. The van der Waals surface area contributed by atoms with E-state index in [2.05, 4.69) is 10.0 Å². The smallest absolute Gasteiger partial charge is 0.426 e. The second-order valence-corrected chi connectivity index (χ2v) is 9.80. The van der Waals surface area contributed by atoms with Gasteiger partial charge in [-0.1, -0.05) is 52.0 Å². The molecule has 0 aromatic rings. The van der Waals surface area contributed by atoms with Crippen molar-refractivity contribution in [2.45, 2.75) is 77.3 Å². The van der Waals surface area contributed by atoms with E-state index in [1.54, 1.807) is 17.9 Å². The van der Waals surface area contributed by atoms with Crippen LogP contribution in [0.2, 0.25) is 0 Å². The molecule has 3 unspecified atom stereocenters. The normalized spacial score (nSPS) is 25.1. The molecule has 170 valence electrons. The summed E-state index contributed by atoms with van der Waals surface area (Å²) in [4.78, 5) is 28.1. The SMILES string of the molecule is C/C=C/S(=O)NC1(C(C)C)CCN(C(CC2CCCCC2)C(=O)NCB(O)O)C1=O. The summed E-state index contributed by atoms with van der Waals surface area (Å²) < 4.78 is 15.4. The number of allylic oxidation sites excluding steroid dienone is 1. The van der Waals surface area contributed by atoms with Crippen molar-refractivity contribution in [3.8, 4) is 0 Å². The first-order valence-corrected chi connectivity index (χ1v) is 12.2. The fourth-order valence-electron chi connectivity index (χ4n) is 4.57. The van der Waals surface area contributed by atoms with Crippen molar-refractivity contribution >= 4 is 29.9 Å². The van der Waals surface area contributed by atoms with Gasteiger partial charge in [0.25, 0.3) is 0 Å². The molecule has 1 saturated heterocycles. The van der Waals surface area contributed by atoms with E-state index < -0.39 is 29.7 Å². The van der Waals surface area contributed by atoms with Crippen molar-refractivity contribution in [1.29, 1.82) is 0 Å². The topological polar surface area (TPSA) is 119 Å². The molecule has 0 aromatic carbocycles. The summed E-state index contributed by atoms with van der Waals surface area (Å²) in [5, 5.41) is 22.3. The van der Waals surface area contributed by atoms with E-state index >= 15 is 0 Å². The number of nitrogens with one attached hydrogen (secondary N) is 2. The van der Waals surface area contributed by atoms with Crippen molar-refractivity contribution in [3.63, 3.8) is 0 Å². The minimum Gasteiger partial charge on any atom is -0.426 e. The molecule has 3 atom stereocenters. The van der Waals surface area contributed by atoms with Gasteiger partial charge in [0.05, 0.1) is 6.44 Å². The maximum absolute atomic E-state index is 13.6. The summed E-state index contributed by atoms with van der Waals surface area (Å²) in [5.74, 6) is -0.325. The lowest BCUT2D eigenvalue weighted by molar-refractivity contribution is -0.142. The van der Waals surface area contributed by atoms with Gasteiger partial charge in [0.1, 0.15) is 22.6 Å². The molecule has 1 aliphatic heterocycles. The Balaban J connectivity index is 2.24. The summed E-state index contributed by atoms with van der Waals surface area (Å²) in [6.45, 7) is 5.99. The predicted octanol–water partition coefficient (Wildman–Crippen LogP) is 0.868. The zero-order valence-electron chi connectivity index (χ0n) is 18.3. The Kier molecular flexibility index (Phi) is 9.52. The van der Waals surface area contributed by atoms with E-state index in [-0.39, 0.29) is 24.2 Å². The second kappa shape index (κ2) is 11.4. The molecule has 1 heterocycles. The minimum absolute atomic E-state index is 0.109. The molecule has 2 amide bonds. The van der Waals surface area contributed by atoms with Crippen molar-refractivity contribution in [2.75, 3.05) is 13.0 Å². The molecule has 0 aromatic heterocycles. The van der Waals surface area contributed by atoms with E-state index in [0.29, 0.717) is 25.3 Å². The zero-order chi connectivity index (χ0) is 22.3. The van der Waals surface area contributed by atoms with Crippen LogP contribution in [0.4, 0.5) is 0 Å². The van der Waals surface area contributed by atoms with Crippen molar-refractivity contribution in [2.24, 2.45) is 11.8 Å². The molecule has 2 rings (SSSR count). The summed E-state index contributed by atoms with van der Waals surface area (Å²) in [6.07, 6.45) is 7.94. The fraction of sp³-hybridized carbons (Fsp3) is 0.800. The van der Waals surface area contributed by atoms with Crippen LogP contribution in [-0.4, -0.2) is 62.7 Å². The van der Waals surface area contributed by atoms with Gasteiger partial charge in [-0.3, -0.25) is 9.59 Å². The largest absolute Gasteiger partial charge is 0.472 e. The molecule has 1 saturated carbocycles. The molecule has 4 N–H and O–H groups in total. The Hall–Kier alpha value is -1.23. The van der Waals surface area contributed by atoms with Gasteiger partial charge in [-0.05, 0) is 31.6 Å². The van der Waals surface area contributed by atoms with Gasteiger partial charge in [-0.25, -0.2) is 8.93 Å². The van der Waals surface area contributed by atoms with Crippen LogP contribution >= 0.6 is 0 Å². The first-order chi connectivity index (χ1) is 14.2. The van der Waals surface area contributed by atoms with Crippen LogP contribution in [0.5, 0.6) is 0 Å². The zero-order valence-corrected chi connectivity index (χ0v) is 19.1. The Bertz CT molecular complexity index is 654. The van der Waals surface area contributed by atoms with Gasteiger partial charge < -0.3 is 20.3 Å². The number of carbonyl (C=O) groups is 2. The summed E-state index contributed by atoms with van der Waals surface area (Å²) in [5.41, 5.74) is -0.994. The molecule has 30 heavy (non-hydrogen) atoms. The third-order valence-corrected chi connectivity index (χ3v) is 7.42. The number of hydrogen-bond donors (Lipinski definition) is 4. The van der Waals surface area contributed by atoms with Crippen molar-refractivity contribution < 1.29 is 23.8 Å². The number of amides is 2. The molecule has 2 aliphatic rings. The highest BCUT2D eigenvalue weighted by Crippen LogP contribution is 2.35. The molecule has 1 aliphatic carbocycles. The van der Waals surface area contributed by atoms with Gasteiger partial charge in [0.2, 0.25) is 11.8 Å². The predicted molar refractivity (Wildman–Crippen MR) is 118 cm³/mol. The maximum Gasteiger partial charge on any atom is 0.472 e. The Morgan fingerprint density at radius 3 is 2.57 bits per heavy atom. The molecule has 0 radical (unpaired) electrons. The Labute approximate surface area is 182 Å². The lowest BCUT2D eigenvalue weighted by atomic mass is 9.83. The average molecular weight is 441 g/mol. The van der Waals surface area contributed by atoms with Gasteiger partial charge in [-0.15, -0.1) is 0 Å². The van der Waals surface area contributed by atoms with Gasteiger partial charge in [0, 0.05) is 12.0 Å². The Morgan fingerprint density at radius 1 is 1.33 bits per heavy atom. The molecule has 2 fully saturated rings. The first-order valence-electron chi connectivity index (χ1n) is 11.0. The van der Waals surface area contributed by atoms with E-state index in [0.717, 1.165) is 25.7 Å². The van der Waals surface area contributed by atoms with E-state index in [4.69, 9.17) is 10.0 Å². The van der Waals surface area contributed by atoms with Crippen LogP contribution in [-0.2, 0) is 20.6 Å². The molecular formula is C20H36BN3O5S. The van der Waals surface area contributed by atoms with Gasteiger partial charge in [0.15, 0.2) is 0 Å². The van der Waals surface area contributed by atoms with E-state index in [9.17, 15) is 13.8 Å². The number of rotatable bonds is 10. The highest BCUT2D eigenvalue weighted by atomic mass is 32.2. The third-order valence-electron chi connectivity index (χ3n) is 6.34. The number of nitrogens with zero attached hydrogens (tertiary/aromatic N) is 1. The molecule has 8 nitrogen and oxygen atoms in total. The Morgan fingerprint density at radius 2 is 2.00 bits per heavy atom. The monoisotopic (exact) mass is 441 g/mol. The van der Waals surface area contributed by atoms with E-state index in [1.807, 2.05) is 13.8 Å². The number of carbonyl (C=O) groups excluding carboxylic acids is 2. The molecular weight excluding hydrogens is 405 g/mol. The van der Waals surface area contributed by atoms with Crippen LogP contribution < -0.4 is 10.0 Å². The van der Waals surface area contributed by atoms with E-state index in [1.165, 1.54) is 11.8 Å². The second-order valence-electron chi connectivity index (χ2n) is 8.72. The highest BCUT2D eigenvalue weighted by Gasteiger charge is 2.52. The van der Waals surface area contributed by atoms with Crippen molar-refractivity contribution in [3.05, 3.63) is 11.5 Å². The van der Waals surface area contributed by atoms with Crippen LogP contribution in [0.1, 0.15) is 65.7 Å². The maximum atomic E-state index is 13.6. The molecule has 0 spiro atoms. The standard InChI is InChI=1S/C20H36BN3O5S/c1-4-12-30(29)23-20(15(2)3)10-11-24(19(20)26)17(18(25)22-14-21(27)28)13-16-8-6-5-7-9-16/h4,12,15-17,23,27-28H,5-11,13-14H2,1-3H3,(H,22,25)/b12-4+. The first kappa shape index (κ1) is 25.0. The fourth-order valence-corrected chi connectivity index (χ4v) is 5.67. The average Bonchev–Trinajstić information content (AvgIpc) is 3.02. The number of likely N-dealkylation sites (tertiary alicyclic amines) is 1. The van der Waals surface area contributed by atoms with Gasteiger partial charge in [-0.2, -0.15) is 0 Å². The van der Waals surface area contributed by atoms with Gasteiger partial charge >= 0.3 is 7.12 Å². The summed E-state index contributed by atoms with van der Waals surface area (Å²) in [6, 6.07) is -0.670. The van der Waals surface area contributed by atoms with Crippen LogP contribution in [0, 0.1) is 11.8 Å². The van der Waals surface area contributed by atoms with Crippen LogP contribution in [0.3, 0.4) is 0 Å². The highest BCUT2D eigenvalue weighted by molar-refractivity contribution is 7.86. The number of hydrogen-bond acceptors (Lipinski definition) is 5.